The van der Waals surface area contributed by atoms with Gasteiger partial charge in [-0.3, -0.25) is 0 Å². The Hall–Kier alpha value is -11.1. The first-order chi connectivity index (χ1) is 47.2. The molecule has 2 heterocycles. The molecule has 2 aromatic heterocycles. The third-order valence-electron chi connectivity index (χ3n) is 16.9. The Labute approximate surface area is 552 Å². The van der Waals surface area contributed by atoms with E-state index >= 15 is 13.2 Å². The zero-order valence-electron chi connectivity index (χ0n) is 49.7. The van der Waals surface area contributed by atoms with Gasteiger partial charge in [-0.1, -0.05) is 54.6 Å². The molecule has 0 amide bonds. The van der Waals surface area contributed by atoms with Crippen molar-refractivity contribution in [2.45, 2.75) is 55.6 Å². The summed E-state index contributed by atoms with van der Waals surface area (Å²) >= 11 is 0. The van der Waals surface area contributed by atoms with Gasteiger partial charge in [-0.05, 0) is 166 Å². The molecule has 12 rings (SSSR count). The summed E-state index contributed by atoms with van der Waals surface area (Å²) in [6.45, 7) is 0. The van der Waals surface area contributed by atoms with Crippen molar-refractivity contribution in [1.82, 2.24) is 9.13 Å². The molecule has 0 atom stereocenters. The number of nitrogens with zero attached hydrogens (tertiary/aromatic N) is 4. The summed E-state index contributed by atoms with van der Waals surface area (Å²) in [5.41, 5.74) is -28.8. The number of aromatic nitrogens is 2. The molecule has 0 saturated heterocycles. The normalized spacial score (nSPS) is 13.2. The molecule has 0 spiro atoms. The van der Waals surface area contributed by atoms with E-state index in [0.29, 0.717) is 30.3 Å². The van der Waals surface area contributed by atoms with E-state index in [2.05, 4.69) is 0 Å². The summed E-state index contributed by atoms with van der Waals surface area (Å²) in [5, 5.41) is 20.4. The smallest absolute Gasteiger partial charge is 0.309 e. The number of hydrogen-bond acceptors (Lipinski definition) is 2. The highest BCUT2D eigenvalue weighted by Gasteiger charge is 2.44. The zero-order valence-corrected chi connectivity index (χ0v) is 49.7. The van der Waals surface area contributed by atoms with Crippen molar-refractivity contribution in [3.8, 4) is 79.1 Å². The van der Waals surface area contributed by atoms with Gasteiger partial charge in [0.25, 0.3) is 0 Å². The molecule has 0 radical (unpaired) electrons. The van der Waals surface area contributed by atoms with Crippen LogP contribution in [-0.2, 0) is 55.6 Å². The summed E-state index contributed by atoms with van der Waals surface area (Å²) in [4.78, 5) is 0. The fraction of sp³-hybridized carbons (Fsp3) is 0.127. The van der Waals surface area contributed by atoms with Crippen LogP contribution >= 0.6 is 0 Å². The summed E-state index contributed by atoms with van der Waals surface area (Å²) in [6, 6.07) is 19.8. The standard InChI is InChI=1S/C71H29F27N4/c72-63(73,74)38-8-12-42(52(25-38)68(87,88)89)32-4-16-56-46(20-32)47-21-33(43-13-9-39(64(75,76)77)26-53(43)69(90,91)92)5-17-57(47)101(56)60-29-50(62-36(30-99)2-1-3-51(62)67(84,85)86)61(24-37(60)31-100)102-58-18-6-34(44-14-10-40(65(78,79)80)27-54(44)70(93,94)95)22-48(58)49-23-35(7-19-59(49)102)45-15-11-41(66(81,82)83)28-55(45)71(96,97)98/h1-29H. The third kappa shape index (κ3) is 12.7. The van der Waals surface area contributed by atoms with E-state index in [1.165, 1.54) is 0 Å². The molecule has 0 aliphatic carbocycles. The maximum absolute atomic E-state index is 15.8. The molecule has 522 valence electrons. The SMILES string of the molecule is N#Cc1cc(-n2c3ccc(-c4ccc(C(F)(F)F)cc4C(F)(F)F)cc3c3cc(-c4ccc(C(F)(F)F)cc4C(F)(F)F)ccc32)c(-c2c(C#N)cccc2C(F)(F)F)cc1-n1c2ccc(-c3ccc(C(F)(F)F)cc3C(F)(F)F)cc2c2cc(-c3ccc(C(F)(F)F)cc3C(F)(F)F)ccc21. The Morgan fingerprint density at radius 3 is 0.765 bits per heavy atom. The second kappa shape index (κ2) is 23.8. The maximum Gasteiger partial charge on any atom is 0.417 e. The second-order valence-electron chi connectivity index (χ2n) is 23.0. The molecule has 0 aliphatic heterocycles. The quantitative estimate of drug-likeness (QED) is 0.149. The van der Waals surface area contributed by atoms with Crippen LogP contribution in [0.3, 0.4) is 0 Å². The van der Waals surface area contributed by atoms with Crippen molar-refractivity contribution in [2.24, 2.45) is 0 Å². The van der Waals surface area contributed by atoms with Crippen LogP contribution in [0.4, 0.5) is 119 Å². The van der Waals surface area contributed by atoms with Gasteiger partial charge >= 0.3 is 55.6 Å². The van der Waals surface area contributed by atoms with Crippen LogP contribution in [0.5, 0.6) is 0 Å². The predicted octanol–water partition coefficient (Wildman–Crippen LogP) is 25.1. The van der Waals surface area contributed by atoms with Crippen molar-refractivity contribution < 1.29 is 119 Å². The third-order valence-corrected chi connectivity index (χ3v) is 16.9. The first kappa shape index (κ1) is 70.7. The average Bonchev–Trinajstić information content (AvgIpc) is 1.54. The van der Waals surface area contributed by atoms with Crippen LogP contribution in [0.15, 0.2) is 176 Å². The minimum atomic E-state index is -5.58. The number of halogens is 27. The topological polar surface area (TPSA) is 57.4 Å². The maximum atomic E-state index is 15.8. The minimum Gasteiger partial charge on any atom is -0.309 e. The summed E-state index contributed by atoms with van der Waals surface area (Å²) in [5.74, 6) is 0. The van der Waals surface area contributed by atoms with Crippen molar-refractivity contribution in [3.05, 3.63) is 237 Å². The Bertz CT molecular complexity index is 5270. The Morgan fingerprint density at radius 2 is 0.510 bits per heavy atom. The van der Waals surface area contributed by atoms with Crippen molar-refractivity contribution >= 4 is 43.6 Å². The van der Waals surface area contributed by atoms with Gasteiger partial charge in [0.1, 0.15) is 6.07 Å². The van der Waals surface area contributed by atoms with Crippen molar-refractivity contribution in [1.29, 1.82) is 10.5 Å². The van der Waals surface area contributed by atoms with Gasteiger partial charge in [-0.2, -0.15) is 129 Å². The van der Waals surface area contributed by atoms with Gasteiger partial charge in [-0.25, -0.2) is 0 Å². The molecule has 4 nitrogen and oxygen atoms in total. The number of alkyl halides is 27. The van der Waals surface area contributed by atoms with E-state index in [9.17, 15) is 116 Å². The number of nitriles is 2. The highest BCUT2D eigenvalue weighted by atomic mass is 19.4. The molecule has 0 aliphatic rings. The Balaban J connectivity index is 1.22. The molecule has 0 fully saturated rings. The summed E-state index contributed by atoms with van der Waals surface area (Å²) in [6.07, 6.45) is -49.3. The number of rotatable bonds is 7. The van der Waals surface area contributed by atoms with Crippen LogP contribution < -0.4 is 0 Å². The van der Waals surface area contributed by atoms with Crippen LogP contribution in [0.2, 0.25) is 0 Å². The molecule has 0 bridgehead atoms. The fourth-order valence-electron chi connectivity index (χ4n) is 12.5. The first-order valence-corrected chi connectivity index (χ1v) is 28.7. The van der Waals surface area contributed by atoms with Crippen LogP contribution in [-0.4, -0.2) is 9.13 Å². The predicted molar refractivity (Wildman–Crippen MR) is 317 cm³/mol. The molecule has 31 heteroatoms. The highest BCUT2D eigenvalue weighted by Crippen LogP contribution is 2.52. The number of hydrogen-bond donors (Lipinski definition) is 0. The molecule has 0 saturated carbocycles. The van der Waals surface area contributed by atoms with E-state index < -0.39 is 216 Å². The van der Waals surface area contributed by atoms with Gasteiger partial charge in [-0.15, -0.1) is 0 Å². The van der Waals surface area contributed by atoms with E-state index in [4.69, 9.17) is 0 Å². The van der Waals surface area contributed by atoms with Crippen LogP contribution in [0, 0.1) is 22.7 Å². The van der Waals surface area contributed by atoms with Gasteiger partial charge < -0.3 is 9.13 Å². The van der Waals surface area contributed by atoms with Gasteiger partial charge in [0.05, 0.1) is 101 Å². The van der Waals surface area contributed by atoms with E-state index in [1.54, 1.807) is 6.07 Å². The number of fused-ring (bicyclic) bond motifs is 6. The molecule has 102 heavy (non-hydrogen) atoms. The lowest BCUT2D eigenvalue weighted by molar-refractivity contribution is -0.144. The van der Waals surface area contributed by atoms with E-state index in [-0.39, 0.29) is 59.6 Å². The van der Waals surface area contributed by atoms with E-state index in [0.717, 1.165) is 106 Å². The fourth-order valence-corrected chi connectivity index (χ4v) is 12.5. The van der Waals surface area contributed by atoms with Crippen LogP contribution in [0.1, 0.15) is 61.2 Å². The van der Waals surface area contributed by atoms with Crippen molar-refractivity contribution in [2.75, 3.05) is 0 Å². The molecule has 0 N–H and O–H groups in total. The Morgan fingerprint density at radius 1 is 0.235 bits per heavy atom. The molecular weight excluding hydrogens is 1420 g/mol. The van der Waals surface area contributed by atoms with Gasteiger partial charge in [0.2, 0.25) is 0 Å². The Kier molecular flexibility index (Phi) is 16.5. The zero-order chi connectivity index (χ0) is 74.5. The van der Waals surface area contributed by atoms with Crippen molar-refractivity contribution in [3.63, 3.8) is 0 Å². The minimum absolute atomic E-state index is 0.234. The highest BCUT2D eigenvalue weighted by molar-refractivity contribution is 6.14. The monoisotopic (exact) mass is 1450 g/mol. The summed E-state index contributed by atoms with van der Waals surface area (Å²) < 4.78 is 396. The van der Waals surface area contributed by atoms with Crippen LogP contribution in [0.25, 0.3) is 111 Å². The van der Waals surface area contributed by atoms with Gasteiger partial charge in [0.15, 0.2) is 0 Å². The largest absolute Gasteiger partial charge is 0.417 e. The first-order valence-electron chi connectivity index (χ1n) is 28.7. The van der Waals surface area contributed by atoms with E-state index in [1.807, 2.05) is 6.07 Å². The van der Waals surface area contributed by atoms with Gasteiger partial charge in [0, 0.05) is 32.7 Å². The number of benzene rings is 10. The molecule has 10 aromatic carbocycles. The summed E-state index contributed by atoms with van der Waals surface area (Å²) in [7, 11) is 0. The molecular formula is C71H29F27N4. The average molecular weight is 1450 g/mol. The molecule has 0 unspecified atom stereocenters. The lowest BCUT2D eigenvalue weighted by Gasteiger charge is -2.22. The molecule has 12 aromatic rings. The lowest BCUT2D eigenvalue weighted by Crippen LogP contribution is -2.12. The second-order valence-corrected chi connectivity index (χ2v) is 23.0. The lowest BCUT2D eigenvalue weighted by atomic mass is 9.91.